The van der Waals surface area contributed by atoms with Gasteiger partial charge in [-0.2, -0.15) is 0 Å². The van der Waals surface area contributed by atoms with Crippen LogP contribution in [0.15, 0.2) is 48.5 Å². The Morgan fingerprint density at radius 1 is 0.786 bits per heavy atom. The Hall–Kier alpha value is -6.35. The third-order valence-electron chi connectivity index (χ3n) is 10.3. The summed E-state index contributed by atoms with van der Waals surface area (Å²) >= 11 is 0. The first-order chi connectivity index (χ1) is 27.1. The van der Waals surface area contributed by atoms with Gasteiger partial charge in [-0.3, -0.25) is 9.59 Å². The van der Waals surface area contributed by atoms with Crippen molar-refractivity contribution in [2.24, 2.45) is 11.8 Å². The quantitative estimate of drug-likeness (QED) is 0.102. The summed E-state index contributed by atoms with van der Waals surface area (Å²) in [5.41, 5.74) is 2.30. The third-order valence-corrected chi connectivity index (χ3v) is 10.3. The largest absolute Gasteiger partial charge is 0.494 e. The van der Waals surface area contributed by atoms with E-state index in [1.807, 2.05) is 0 Å². The number of cyclic esters (lactones) is 1. The molecule has 0 spiro atoms. The minimum absolute atomic E-state index is 0.0314. The highest BCUT2D eigenvalue weighted by molar-refractivity contribution is 6.30. The van der Waals surface area contributed by atoms with Gasteiger partial charge in [0.1, 0.15) is 0 Å². The molecule has 3 aliphatic rings. The second-order valence-electron chi connectivity index (χ2n) is 13.0. The first kappa shape index (κ1) is 37.9. The number of hydrogen-bond donors (Lipinski definition) is 2. The van der Waals surface area contributed by atoms with Crippen LogP contribution in [-0.4, -0.2) is 80.2 Å². The van der Waals surface area contributed by atoms with Gasteiger partial charge in [0.25, 0.3) is 5.91 Å². The molecule has 0 saturated carbocycles. The number of methoxy groups -OCH3 is 7. The van der Waals surface area contributed by atoms with E-state index in [0.717, 1.165) is 0 Å². The summed E-state index contributed by atoms with van der Waals surface area (Å²) in [5.74, 6) is -1.94. The average molecular weight is 774 g/mol. The van der Waals surface area contributed by atoms with E-state index in [1.165, 1.54) is 68.0 Å². The summed E-state index contributed by atoms with van der Waals surface area (Å²) < 4.78 is 70.9. The summed E-state index contributed by atoms with van der Waals surface area (Å²) in [6.07, 6.45) is 0.350. The predicted molar refractivity (Wildman–Crippen MR) is 199 cm³/mol. The van der Waals surface area contributed by atoms with E-state index in [9.17, 15) is 19.1 Å². The monoisotopic (exact) mass is 773 g/mol. The fourth-order valence-electron chi connectivity index (χ4n) is 7.70. The maximum atomic E-state index is 15.0. The molecule has 7 rings (SSSR count). The molecule has 56 heavy (non-hydrogen) atoms. The number of aliphatic hydroxyl groups is 1. The zero-order valence-corrected chi connectivity index (χ0v) is 31.6. The number of carbonyl (C=O) groups excluding carboxylic acids is 2. The molecule has 14 nitrogen and oxygen atoms in total. The number of fused-ring (bicyclic) bond motifs is 3. The van der Waals surface area contributed by atoms with Crippen molar-refractivity contribution in [3.8, 4) is 51.7 Å². The Labute approximate surface area is 321 Å². The second-order valence-corrected chi connectivity index (χ2v) is 13.0. The minimum Gasteiger partial charge on any atom is -0.494 e. The van der Waals surface area contributed by atoms with Crippen LogP contribution in [0.5, 0.6) is 51.7 Å². The van der Waals surface area contributed by atoms with Crippen molar-refractivity contribution in [1.82, 2.24) is 0 Å². The van der Waals surface area contributed by atoms with Crippen LogP contribution < -0.4 is 47.9 Å². The summed E-state index contributed by atoms with van der Waals surface area (Å²) in [4.78, 5) is 28.6. The van der Waals surface area contributed by atoms with Crippen LogP contribution in [0, 0.1) is 17.7 Å². The first-order valence-corrected chi connectivity index (χ1v) is 17.4. The summed E-state index contributed by atoms with van der Waals surface area (Å²) in [6, 6.07) is 12.4. The molecule has 1 aliphatic carbocycles. The van der Waals surface area contributed by atoms with Gasteiger partial charge in [-0.1, -0.05) is 6.07 Å². The Morgan fingerprint density at radius 2 is 1.39 bits per heavy atom. The van der Waals surface area contributed by atoms with Crippen LogP contribution in [-0.2, 0) is 14.3 Å². The molecular formula is C41H40FNO13. The molecule has 294 valence electrons. The van der Waals surface area contributed by atoms with Gasteiger partial charge in [0, 0.05) is 17.4 Å². The highest BCUT2D eigenvalue weighted by Gasteiger charge is 2.53. The van der Waals surface area contributed by atoms with Crippen LogP contribution in [0.1, 0.15) is 39.8 Å². The molecule has 4 atom stereocenters. The Balaban J connectivity index is 1.46. The number of hydrogen-bond acceptors (Lipinski definition) is 13. The standard InChI is InChI=1S/C41H40FNO13/c1-47-26-11-19(8-9-25(26)42)10-22(20-12-27(48-2)37(52-6)28(13-20)49-3)40(45)43-35-33-23(16-31-39(35)56-18-55-31)36(44)24-17-54-41(46)34(24)32(33)21-14-29(50-4)38(53-7)30(15-21)51-5/h8-16,24,32,34,36,44H,17-18H2,1-7H3,(H,43,45)/b22-10+/t24-,32+,34-,36-/m0/s1. The zero-order chi connectivity index (χ0) is 39.8. The number of nitrogens with one attached hydrogen (secondary N) is 1. The van der Waals surface area contributed by atoms with Crippen molar-refractivity contribution in [1.29, 1.82) is 0 Å². The number of ether oxygens (including phenoxy) is 10. The molecule has 1 fully saturated rings. The van der Waals surface area contributed by atoms with E-state index >= 15 is 0 Å². The molecule has 0 unspecified atom stereocenters. The van der Waals surface area contributed by atoms with E-state index < -0.39 is 41.6 Å². The first-order valence-electron chi connectivity index (χ1n) is 17.4. The van der Waals surface area contributed by atoms with Gasteiger partial charge in [0.05, 0.1) is 74.1 Å². The van der Waals surface area contributed by atoms with Crippen molar-refractivity contribution in [2.45, 2.75) is 12.0 Å². The predicted octanol–water partition coefficient (Wildman–Crippen LogP) is 5.76. The zero-order valence-electron chi connectivity index (χ0n) is 31.6. The smallest absolute Gasteiger partial charge is 0.310 e. The van der Waals surface area contributed by atoms with Crippen LogP contribution in [0.2, 0.25) is 0 Å². The lowest BCUT2D eigenvalue weighted by Gasteiger charge is -2.38. The van der Waals surface area contributed by atoms with Crippen LogP contribution >= 0.6 is 0 Å². The molecule has 2 aliphatic heterocycles. The lowest BCUT2D eigenvalue weighted by molar-refractivity contribution is -0.141. The van der Waals surface area contributed by atoms with E-state index in [4.69, 9.17) is 47.4 Å². The van der Waals surface area contributed by atoms with Gasteiger partial charge in [-0.15, -0.1) is 0 Å². The average Bonchev–Trinajstić information content (AvgIpc) is 3.86. The summed E-state index contributed by atoms with van der Waals surface area (Å²) in [7, 11) is 10.1. The highest BCUT2D eigenvalue weighted by atomic mass is 19.1. The maximum Gasteiger partial charge on any atom is 0.310 e. The number of benzene rings is 4. The number of carbonyl (C=O) groups is 2. The SMILES string of the molecule is COc1cc(/C=C(/C(=O)Nc2c3c(cc4c2[C@@H](c2cc(OC)c(OC)c(OC)c2)[C@H]2C(=O)OC[C@@H]2[C@H]4O)OCO3)c2cc(OC)c(OC)c(OC)c2)ccc1F. The lowest BCUT2D eigenvalue weighted by atomic mass is 9.65. The van der Waals surface area contributed by atoms with E-state index in [0.29, 0.717) is 50.8 Å². The molecule has 1 amide bonds. The van der Waals surface area contributed by atoms with Crippen molar-refractivity contribution in [3.63, 3.8) is 0 Å². The van der Waals surface area contributed by atoms with Crippen LogP contribution in [0.4, 0.5) is 10.1 Å². The number of amides is 1. The molecule has 1 saturated heterocycles. The van der Waals surface area contributed by atoms with Gasteiger partial charge in [-0.25, -0.2) is 4.39 Å². The molecule has 2 heterocycles. The van der Waals surface area contributed by atoms with Gasteiger partial charge >= 0.3 is 5.97 Å². The van der Waals surface area contributed by atoms with Crippen LogP contribution in [0.25, 0.3) is 11.6 Å². The van der Waals surface area contributed by atoms with E-state index in [2.05, 4.69) is 5.32 Å². The Morgan fingerprint density at radius 3 is 1.98 bits per heavy atom. The number of halogens is 1. The maximum absolute atomic E-state index is 15.0. The molecular weight excluding hydrogens is 733 g/mol. The lowest BCUT2D eigenvalue weighted by Crippen LogP contribution is -2.35. The summed E-state index contributed by atoms with van der Waals surface area (Å²) in [6.45, 7) is -0.206. The fraction of sp³-hybridized carbons (Fsp3) is 0.317. The van der Waals surface area contributed by atoms with E-state index in [1.54, 1.807) is 36.4 Å². The Bertz CT molecular complexity index is 2190. The second kappa shape index (κ2) is 15.4. The molecule has 2 N–H and O–H groups in total. The van der Waals surface area contributed by atoms with Gasteiger partial charge < -0.3 is 57.8 Å². The van der Waals surface area contributed by atoms with Gasteiger partial charge in [-0.05, 0) is 76.4 Å². The van der Waals surface area contributed by atoms with Crippen molar-refractivity contribution in [3.05, 3.63) is 82.2 Å². The Kier molecular flexibility index (Phi) is 10.4. The molecule has 4 aromatic carbocycles. The van der Waals surface area contributed by atoms with Gasteiger partial charge in [0.2, 0.25) is 18.3 Å². The van der Waals surface area contributed by atoms with E-state index in [-0.39, 0.29) is 53.4 Å². The fourth-order valence-corrected chi connectivity index (χ4v) is 7.70. The highest BCUT2D eigenvalue weighted by Crippen LogP contribution is 2.59. The normalized spacial score (nSPS) is 19.3. The number of anilines is 1. The number of rotatable bonds is 12. The molecule has 15 heteroatoms. The molecule has 0 bridgehead atoms. The number of aliphatic hydroxyl groups excluding tert-OH is 1. The topological polar surface area (TPSA) is 159 Å². The number of esters is 1. The van der Waals surface area contributed by atoms with Crippen LogP contribution in [0.3, 0.4) is 0 Å². The van der Waals surface area contributed by atoms with Crippen molar-refractivity contribution >= 4 is 29.2 Å². The van der Waals surface area contributed by atoms with Crippen molar-refractivity contribution in [2.75, 3.05) is 68.5 Å². The molecule has 4 aromatic rings. The molecule has 0 aromatic heterocycles. The molecule has 0 radical (unpaired) electrons. The third kappa shape index (κ3) is 6.36. The van der Waals surface area contributed by atoms with Crippen molar-refractivity contribution < 1.29 is 66.5 Å². The van der Waals surface area contributed by atoms with Gasteiger partial charge in [0.15, 0.2) is 46.1 Å². The minimum atomic E-state index is -1.19. The summed E-state index contributed by atoms with van der Waals surface area (Å²) in [5, 5.41) is 14.9.